The van der Waals surface area contributed by atoms with E-state index in [9.17, 15) is 4.79 Å². The molecule has 1 saturated heterocycles. The maximum Gasteiger partial charge on any atom is 0.260 e. The molecule has 1 aliphatic rings. The molecule has 1 aromatic rings. The number of ether oxygens (including phenoxy) is 1. The molecule has 19 heavy (non-hydrogen) atoms. The molecule has 0 radical (unpaired) electrons. The van der Waals surface area contributed by atoms with Gasteiger partial charge in [-0.15, -0.1) is 0 Å². The van der Waals surface area contributed by atoms with Crippen LogP contribution in [0.25, 0.3) is 0 Å². The molecule has 1 aliphatic heterocycles. The highest BCUT2D eigenvalue weighted by Gasteiger charge is 2.15. The number of carbonyl (C=O) groups is 1. The topological polar surface area (TPSA) is 41.6 Å². The predicted octanol–water partition coefficient (Wildman–Crippen LogP) is 1.96. The van der Waals surface area contributed by atoms with Crippen LogP contribution in [0.3, 0.4) is 0 Å². The summed E-state index contributed by atoms with van der Waals surface area (Å²) < 4.78 is 6.63. The van der Waals surface area contributed by atoms with Crippen LogP contribution >= 0.6 is 15.9 Å². The van der Waals surface area contributed by atoms with Gasteiger partial charge in [-0.05, 0) is 43.7 Å². The van der Waals surface area contributed by atoms with Crippen molar-refractivity contribution in [3.63, 3.8) is 0 Å². The summed E-state index contributed by atoms with van der Waals surface area (Å²) in [6, 6.07) is 5.79. The number of amides is 1. The largest absolute Gasteiger partial charge is 0.483 e. The number of nitrogens with one attached hydrogen (secondary N) is 1. The van der Waals surface area contributed by atoms with Crippen LogP contribution in [0.15, 0.2) is 22.7 Å². The molecule has 0 atom stereocenters. The monoisotopic (exact) mass is 326 g/mol. The van der Waals surface area contributed by atoms with Crippen molar-refractivity contribution in [2.75, 3.05) is 32.8 Å². The van der Waals surface area contributed by atoms with E-state index in [-0.39, 0.29) is 12.5 Å². The van der Waals surface area contributed by atoms with Gasteiger partial charge in [0.15, 0.2) is 6.61 Å². The summed E-state index contributed by atoms with van der Waals surface area (Å²) in [4.78, 5) is 13.9. The van der Waals surface area contributed by atoms with Crippen LogP contribution in [0.2, 0.25) is 0 Å². The second-order valence-electron chi connectivity index (χ2n) is 4.68. The Balaban J connectivity index is 1.88. The Bertz CT molecular complexity index is 443. The van der Waals surface area contributed by atoms with Crippen LogP contribution in [-0.4, -0.2) is 43.6 Å². The lowest BCUT2D eigenvalue weighted by Crippen LogP contribution is -2.37. The van der Waals surface area contributed by atoms with Crippen LogP contribution in [0.5, 0.6) is 5.75 Å². The van der Waals surface area contributed by atoms with Crippen molar-refractivity contribution in [1.29, 1.82) is 0 Å². The van der Waals surface area contributed by atoms with Gasteiger partial charge in [-0.25, -0.2) is 0 Å². The minimum atomic E-state index is 0.0611. The third kappa shape index (κ3) is 4.21. The highest BCUT2D eigenvalue weighted by molar-refractivity contribution is 9.10. The molecule has 2 rings (SSSR count). The molecular weight excluding hydrogens is 308 g/mol. The Hall–Kier alpha value is -1.07. The molecule has 1 amide bonds. The van der Waals surface area contributed by atoms with Crippen LogP contribution in [0.1, 0.15) is 12.0 Å². The van der Waals surface area contributed by atoms with Crippen molar-refractivity contribution in [3.8, 4) is 5.75 Å². The molecule has 1 heterocycles. The van der Waals surface area contributed by atoms with Crippen molar-refractivity contribution in [3.05, 3.63) is 28.2 Å². The molecule has 1 aromatic carbocycles. The molecular formula is C14H19BrN2O2. The summed E-state index contributed by atoms with van der Waals surface area (Å²) in [5.41, 5.74) is 1.03. The zero-order valence-corrected chi connectivity index (χ0v) is 12.7. The number of rotatable bonds is 3. The van der Waals surface area contributed by atoms with E-state index in [0.717, 1.165) is 48.4 Å². The minimum absolute atomic E-state index is 0.0611. The van der Waals surface area contributed by atoms with Gasteiger partial charge >= 0.3 is 0 Å². The van der Waals surface area contributed by atoms with Crippen molar-refractivity contribution >= 4 is 21.8 Å². The Morgan fingerprint density at radius 2 is 2.26 bits per heavy atom. The maximum atomic E-state index is 12.1. The molecule has 0 aromatic heterocycles. The fourth-order valence-electron chi connectivity index (χ4n) is 2.10. The van der Waals surface area contributed by atoms with Crippen LogP contribution in [-0.2, 0) is 4.79 Å². The smallest absolute Gasteiger partial charge is 0.260 e. The Morgan fingerprint density at radius 1 is 1.42 bits per heavy atom. The van der Waals surface area contributed by atoms with E-state index in [2.05, 4.69) is 21.2 Å². The summed E-state index contributed by atoms with van der Waals surface area (Å²) >= 11 is 3.41. The summed E-state index contributed by atoms with van der Waals surface area (Å²) in [7, 11) is 0. The standard InChI is InChI=1S/C14H19BrN2O2/c1-11-9-12(15)3-4-13(11)19-10-14(18)17-7-2-5-16-6-8-17/h3-4,9,16H,2,5-8,10H2,1H3. The van der Waals surface area contributed by atoms with E-state index in [4.69, 9.17) is 4.74 Å². The second-order valence-corrected chi connectivity index (χ2v) is 5.60. The number of nitrogens with zero attached hydrogens (tertiary/aromatic N) is 1. The van der Waals surface area contributed by atoms with Gasteiger partial charge < -0.3 is 15.0 Å². The zero-order valence-electron chi connectivity index (χ0n) is 11.1. The molecule has 1 fully saturated rings. The van der Waals surface area contributed by atoms with Gasteiger partial charge in [-0.1, -0.05) is 15.9 Å². The first-order valence-corrected chi connectivity index (χ1v) is 7.33. The Labute approximate surface area is 122 Å². The SMILES string of the molecule is Cc1cc(Br)ccc1OCC(=O)N1CCCNCC1. The van der Waals surface area contributed by atoms with Crippen LogP contribution < -0.4 is 10.1 Å². The summed E-state index contributed by atoms with van der Waals surface area (Å²) in [5, 5.41) is 3.28. The lowest BCUT2D eigenvalue weighted by Gasteiger charge is -2.20. The minimum Gasteiger partial charge on any atom is -0.483 e. The van der Waals surface area contributed by atoms with Crippen LogP contribution in [0, 0.1) is 6.92 Å². The van der Waals surface area contributed by atoms with Gasteiger partial charge in [-0.3, -0.25) is 4.79 Å². The van der Waals surface area contributed by atoms with E-state index < -0.39 is 0 Å². The summed E-state index contributed by atoms with van der Waals surface area (Å²) in [6.45, 7) is 5.51. The van der Waals surface area contributed by atoms with Gasteiger partial charge in [-0.2, -0.15) is 0 Å². The molecule has 0 saturated carbocycles. The fraction of sp³-hybridized carbons (Fsp3) is 0.500. The molecule has 0 spiro atoms. The molecule has 4 nitrogen and oxygen atoms in total. The van der Waals surface area contributed by atoms with Crippen LogP contribution in [0.4, 0.5) is 0 Å². The van der Waals surface area contributed by atoms with E-state index in [1.165, 1.54) is 0 Å². The van der Waals surface area contributed by atoms with Gasteiger partial charge in [0.05, 0.1) is 0 Å². The Kier molecular flexibility index (Phi) is 5.22. The third-order valence-corrected chi connectivity index (χ3v) is 3.67. The first-order valence-electron chi connectivity index (χ1n) is 6.54. The lowest BCUT2D eigenvalue weighted by molar-refractivity contribution is -0.133. The maximum absolute atomic E-state index is 12.1. The van der Waals surface area contributed by atoms with Gasteiger partial charge in [0.2, 0.25) is 0 Å². The first kappa shape index (κ1) is 14.3. The lowest BCUT2D eigenvalue weighted by atomic mass is 10.2. The van der Waals surface area contributed by atoms with Crippen molar-refractivity contribution in [1.82, 2.24) is 10.2 Å². The summed E-state index contributed by atoms with van der Waals surface area (Å²) in [5.74, 6) is 0.829. The highest BCUT2D eigenvalue weighted by Crippen LogP contribution is 2.22. The van der Waals surface area contributed by atoms with Crippen molar-refractivity contribution in [2.24, 2.45) is 0 Å². The van der Waals surface area contributed by atoms with E-state index in [1.807, 2.05) is 30.0 Å². The molecule has 5 heteroatoms. The van der Waals surface area contributed by atoms with Crippen molar-refractivity contribution in [2.45, 2.75) is 13.3 Å². The average molecular weight is 327 g/mol. The Morgan fingerprint density at radius 3 is 3.05 bits per heavy atom. The molecule has 0 unspecified atom stereocenters. The van der Waals surface area contributed by atoms with E-state index >= 15 is 0 Å². The third-order valence-electron chi connectivity index (χ3n) is 3.18. The summed E-state index contributed by atoms with van der Waals surface area (Å²) in [6.07, 6.45) is 1.00. The van der Waals surface area contributed by atoms with Gasteiger partial charge in [0.1, 0.15) is 5.75 Å². The number of carbonyl (C=O) groups excluding carboxylic acids is 1. The zero-order chi connectivity index (χ0) is 13.7. The molecule has 104 valence electrons. The first-order chi connectivity index (χ1) is 9.16. The fourth-order valence-corrected chi connectivity index (χ4v) is 2.58. The number of hydrogen-bond donors (Lipinski definition) is 1. The van der Waals surface area contributed by atoms with Gasteiger partial charge in [0.25, 0.3) is 5.91 Å². The number of benzene rings is 1. The molecule has 1 N–H and O–H groups in total. The predicted molar refractivity (Wildman–Crippen MR) is 78.4 cm³/mol. The van der Waals surface area contributed by atoms with Crippen molar-refractivity contribution < 1.29 is 9.53 Å². The van der Waals surface area contributed by atoms with E-state index in [0.29, 0.717) is 0 Å². The number of halogens is 1. The van der Waals surface area contributed by atoms with E-state index in [1.54, 1.807) is 0 Å². The average Bonchev–Trinajstić information content (AvgIpc) is 2.66. The number of aryl methyl sites for hydroxylation is 1. The normalized spacial score (nSPS) is 16.0. The highest BCUT2D eigenvalue weighted by atomic mass is 79.9. The number of hydrogen-bond acceptors (Lipinski definition) is 3. The second kappa shape index (κ2) is 6.91. The molecule has 0 bridgehead atoms. The molecule has 0 aliphatic carbocycles. The van der Waals surface area contributed by atoms with Gasteiger partial charge in [0, 0.05) is 24.1 Å². The quantitative estimate of drug-likeness (QED) is 0.923.